The Morgan fingerprint density at radius 1 is 1.50 bits per heavy atom. The number of phenolic OH excluding ortho intramolecular Hbond substituents is 1. The number of hydrogen-bond acceptors (Lipinski definition) is 3. The zero-order valence-electron chi connectivity index (χ0n) is 8.61. The SMILES string of the molecule is NC1CC(NC(=O)c2ccc(I)c(O)c2)C1. The topological polar surface area (TPSA) is 75.3 Å². The van der Waals surface area contributed by atoms with Gasteiger partial charge >= 0.3 is 0 Å². The van der Waals surface area contributed by atoms with Gasteiger partial charge in [-0.3, -0.25) is 4.79 Å². The van der Waals surface area contributed by atoms with E-state index in [0.29, 0.717) is 5.56 Å². The molecule has 0 atom stereocenters. The molecule has 1 amide bonds. The molecule has 4 N–H and O–H groups in total. The van der Waals surface area contributed by atoms with Crippen LogP contribution in [-0.4, -0.2) is 23.1 Å². The average Bonchev–Trinajstić information content (AvgIpc) is 2.19. The van der Waals surface area contributed by atoms with Crippen LogP contribution in [0.25, 0.3) is 0 Å². The van der Waals surface area contributed by atoms with Crippen molar-refractivity contribution in [2.24, 2.45) is 5.73 Å². The molecule has 0 bridgehead atoms. The summed E-state index contributed by atoms with van der Waals surface area (Å²) in [6.07, 6.45) is 1.67. The van der Waals surface area contributed by atoms with Crippen molar-refractivity contribution >= 4 is 28.5 Å². The Labute approximate surface area is 107 Å². The van der Waals surface area contributed by atoms with E-state index >= 15 is 0 Å². The first-order chi connectivity index (χ1) is 7.56. The number of benzene rings is 1. The molecule has 0 radical (unpaired) electrons. The summed E-state index contributed by atoms with van der Waals surface area (Å²) < 4.78 is 0.736. The highest BCUT2D eigenvalue weighted by atomic mass is 127. The maximum absolute atomic E-state index is 11.8. The van der Waals surface area contributed by atoms with Crippen LogP contribution >= 0.6 is 22.6 Å². The molecule has 1 aromatic carbocycles. The second-order valence-corrected chi connectivity index (χ2v) is 5.23. The average molecular weight is 332 g/mol. The maximum atomic E-state index is 11.8. The largest absolute Gasteiger partial charge is 0.507 e. The predicted octanol–water partition coefficient (Wildman–Crippen LogP) is 1.22. The summed E-state index contributed by atoms with van der Waals surface area (Å²) in [7, 11) is 0. The Hall–Kier alpha value is -0.820. The van der Waals surface area contributed by atoms with Crippen LogP contribution in [0.5, 0.6) is 5.75 Å². The first-order valence-electron chi connectivity index (χ1n) is 5.11. The minimum atomic E-state index is -0.149. The molecule has 1 aromatic rings. The highest BCUT2D eigenvalue weighted by molar-refractivity contribution is 14.1. The Balaban J connectivity index is 2.01. The molecule has 0 aliphatic heterocycles. The van der Waals surface area contributed by atoms with E-state index in [-0.39, 0.29) is 23.7 Å². The van der Waals surface area contributed by atoms with Gasteiger partial charge < -0.3 is 16.2 Å². The van der Waals surface area contributed by atoms with Gasteiger partial charge in [-0.2, -0.15) is 0 Å². The van der Waals surface area contributed by atoms with Gasteiger partial charge in [0, 0.05) is 17.6 Å². The number of hydrogen-bond donors (Lipinski definition) is 3. The molecule has 2 rings (SSSR count). The van der Waals surface area contributed by atoms with E-state index in [2.05, 4.69) is 5.32 Å². The van der Waals surface area contributed by atoms with Crippen LogP contribution in [0.15, 0.2) is 18.2 Å². The quantitative estimate of drug-likeness (QED) is 0.713. The second kappa shape index (κ2) is 4.58. The van der Waals surface area contributed by atoms with Crippen molar-refractivity contribution in [3.05, 3.63) is 27.3 Å². The van der Waals surface area contributed by atoms with Gasteiger partial charge in [-0.25, -0.2) is 0 Å². The fourth-order valence-corrected chi connectivity index (χ4v) is 2.04. The van der Waals surface area contributed by atoms with Crippen LogP contribution < -0.4 is 11.1 Å². The summed E-state index contributed by atoms with van der Waals surface area (Å²) >= 11 is 2.01. The van der Waals surface area contributed by atoms with Crippen molar-refractivity contribution in [2.45, 2.75) is 24.9 Å². The minimum absolute atomic E-state index is 0.138. The molecular weight excluding hydrogens is 319 g/mol. The smallest absolute Gasteiger partial charge is 0.251 e. The lowest BCUT2D eigenvalue weighted by Crippen LogP contribution is -2.50. The summed E-state index contributed by atoms with van der Waals surface area (Å²) in [5, 5.41) is 12.4. The van der Waals surface area contributed by atoms with Crippen molar-refractivity contribution in [1.82, 2.24) is 5.32 Å². The summed E-state index contributed by atoms with van der Waals surface area (Å²) in [5.41, 5.74) is 6.12. The van der Waals surface area contributed by atoms with Crippen molar-refractivity contribution in [1.29, 1.82) is 0 Å². The number of carbonyl (C=O) groups is 1. The first kappa shape index (κ1) is 11.7. The van der Waals surface area contributed by atoms with E-state index in [4.69, 9.17) is 5.73 Å². The van der Waals surface area contributed by atoms with Gasteiger partial charge in [0.1, 0.15) is 5.75 Å². The molecule has 1 saturated carbocycles. The lowest BCUT2D eigenvalue weighted by Gasteiger charge is -2.32. The molecule has 16 heavy (non-hydrogen) atoms. The number of nitrogens with two attached hydrogens (primary N) is 1. The van der Waals surface area contributed by atoms with E-state index in [9.17, 15) is 9.90 Å². The summed E-state index contributed by atoms with van der Waals surface area (Å²) in [6, 6.07) is 5.31. The lowest BCUT2D eigenvalue weighted by atomic mass is 9.87. The molecule has 1 aliphatic carbocycles. The first-order valence-corrected chi connectivity index (χ1v) is 6.19. The number of carbonyl (C=O) groups excluding carboxylic acids is 1. The highest BCUT2D eigenvalue weighted by Crippen LogP contribution is 2.22. The van der Waals surface area contributed by atoms with Crippen LogP contribution in [0, 0.1) is 3.57 Å². The van der Waals surface area contributed by atoms with Gasteiger partial charge in [0.05, 0.1) is 3.57 Å². The van der Waals surface area contributed by atoms with Gasteiger partial charge in [0.15, 0.2) is 0 Å². The van der Waals surface area contributed by atoms with Crippen molar-refractivity contribution in [3.63, 3.8) is 0 Å². The van der Waals surface area contributed by atoms with Crippen LogP contribution in [-0.2, 0) is 0 Å². The van der Waals surface area contributed by atoms with Gasteiger partial charge in [-0.1, -0.05) is 0 Å². The van der Waals surface area contributed by atoms with Gasteiger partial charge in [0.2, 0.25) is 0 Å². The number of aromatic hydroxyl groups is 1. The zero-order valence-corrected chi connectivity index (χ0v) is 10.8. The van der Waals surface area contributed by atoms with Crippen molar-refractivity contribution < 1.29 is 9.90 Å². The second-order valence-electron chi connectivity index (χ2n) is 4.07. The van der Waals surface area contributed by atoms with Gasteiger partial charge in [-0.05, 0) is 53.6 Å². The van der Waals surface area contributed by atoms with Crippen LogP contribution in [0.3, 0.4) is 0 Å². The number of nitrogens with one attached hydrogen (secondary N) is 1. The van der Waals surface area contributed by atoms with Crippen LogP contribution in [0.4, 0.5) is 0 Å². The molecule has 0 spiro atoms. The van der Waals surface area contributed by atoms with E-state index in [1.165, 1.54) is 6.07 Å². The molecule has 0 saturated heterocycles. The number of phenols is 1. The number of halogens is 1. The van der Waals surface area contributed by atoms with Gasteiger partial charge in [0.25, 0.3) is 5.91 Å². The standard InChI is InChI=1S/C11H13IN2O2/c12-9-2-1-6(3-10(9)15)11(16)14-8-4-7(13)5-8/h1-3,7-8,15H,4-5,13H2,(H,14,16). The van der Waals surface area contributed by atoms with E-state index in [1.807, 2.05) is 22.6 Å². The van der Waals surface area contributed by atoms with E-state index < -0.39 is 0 Å². The number of amides is 1. The summed E-state index contributed by atoms with van der Waals surface area (Å²) in [5.74, 6) is -0.0119. The van der Waals surface area contributed by atoms with Crippen molar-refractivity contribution in [2.75, 3.05) is 0 Å². The fraction of sp³-hybridized carbons (Fsp3) is 0.364. The maximum Gasteiger partial charge on any atom is 0.251 e. The molecule has 5 heteroatoms. The Bertz CT molecular complexity index is 416. The molecule has 0 unspecified atom stereocenters. The van der Waals surface area contributed by atoms with Crippen LogP contribution in [0.2, 0.25) is 0 Å². The fourth-order valence-electron chi connectivity index (χ4n) is 1.70. The summed E-state index contributed by atoms with van der Waals surface area (Å²) in [4.78, 5) is 11.8. The molecule has 1 fully saturated rings. The normalized spacial score (nSPS) is 23.6. The third-order valence-corrected chi connectivity index (χ3v) is 3.63. The molecular formula is C11H13IN2O2. The van der Waals surface area contributed by atoms with E-state index in [0.717, 1.165) is 16.4 Å². The lowest BCUT2D eigenvalue weighted by molar-refractivity contribution is 0.0910. The zero-order chi connectivity index (χ0) is 11.7. The minimum Gasteiger partial charge on any atom is -0.507 e. The Morgan fingerprint density at radius 3 is 2.75 bits per heavy atom. The van der Waals surface area contributed by atoms with Crippen molar-refractivity contribution in [3.8, 4) is 5.75 Å². The molecule has 0 heterocycles. The Kier molecular flexibility index (Phi) is 3.34. The van der Waals surface area contributed by atoms with Crippen LogP contribution in [0.1, 0.15) is 23.2 Å². The molecule has 86 valence electrons. The Morgan fingerprint density at radius 2 is 2.19 bits per heavy atom. The van der Waals surface area contributed by atoms with Gasteiger partial charge in [-0.15, -0.1) is 0 Å². The predicted molar refractivity (Wildman–Crippen MR) is 69.3 cm³/mol. The third-order valence-electron chi connectivity index (χ3n) is 2.72. The third kappa shape index (κ3) is 2.46. The molecule has 4 nitrogen and oxygen atoms in total. The van der Waals surface area contributed by atoms with E-state index in [1.54, 1.807) is 12.1 Å². The highest BCUT2D eigenvalue weighted by Gasteiger charge is 2.27. The molecule has 1 aliphatic rings. The number of rotatable bonds is 2. The summed E-state index contributed by atoms with van der Waals surface area (Å²) in [6.45, 7) is 0. The monoisotopic (exact) mass is 332 g/mol. The molecule has 0 aromatic heterocycles.